The van der Waals surface area contributed by atoms with E-state index in [0.29, 0.717) is 5.92 Å². The second-order valence-electron chi connectivity index (χ2n) is 8.72. The Labute approximate surface area is 184 Å². The normalized spacial score (nSPS) is 12.9. The third kappa shape index (κ3) is 2.03. The molecule has 3 heterocycles. The van der Waals surface area contributed by atoms with E-state index in [1.807, 2.05) is 36.4 Å². The van der Waals surface area contributed by atoms with Gasteiger partial charge < -0.3 is 4.57 Å². The Morgan fingerprint density at radius 1 is 0.677 bits per heavy atom. The summed E-state index contributed by atoms with van der Waals surface area (Å²) in [5.74, 6) is 0.435. The highest BCUT2D eigenvalue weighted by Crippen LogP contribution is 2.49. The summed E-state index contributed by atoms with van der Waals surface area (Å²) in [5.41, 5.74) is 2.57. The van der Waals surface area contributed by atoms with Crippen LogP contribution in [-0.2, 0) is 6.54 Å². The molecule has 0 N–H and O–H groups in total. The van der Waals surface area contributed by atoms with E-state index < -0.39 is 0 Å². The third-order valence-electron chi connectivity index (χ3n) is 6.35. The second-order valence-corrected chi connectivity index (χ2v) is 10.8. The molecule has 7 rings (SSSR count). The van der Waals surface area contributed by atoms with E-state index >= 15 is 0 Å². The molecule has 0 saturated heterocycles. The molecule has 0 unspecified atom stereocenters. The summed E-state index contributed by atoms with van der Waals surface area (Å²) in [6.45, 7) is 5.28. The van der Waals surface area contributed by atoms with E-state index in [9.17, 15) is 9.59 Å². The first kappa shape index (κ1) is 17.6. The van der Waals surface area contributed by atoms with Gasteiger partial charge >= 0.3 is 0 Å². The van der Waals surface area contributed by atoms with Crippen LogP contribution in [0.5, 0.6) is 0 Å². The van der Waals surface area contributed by atoms with E-state index in [1.165, 1.54) is 0 Å². The molecule has 0 aliphatic heterocycles. The Kier molecular flexibility index (Phi) is 3.31. The molecule has 3 nitrogen and oxygen atoms in total. The van der Waals surface area contributed by atoms with Crippen LogP contribution in [0.2, 0.25) is 0 Å². The molecule has 0 amide bonds. The van der Waals surface area contributed by atoms with Gasteiger partial charge in [-0.2, -0.15) is 0 Å². The molecule has 150 valence electrons. The van der Waals surface area contributed by atoms with Gasteiger partial charge in [0.15, 0.2) is 0 Å². The van der Waals surface area contributed by atoms with Gasteiger partial charge in [-0.1, -0.05) is 62.4 Å². The van der Waals surface area contributed by atoms with Gasteiger partial charge in [-0.3, -0.25) is 9.59 Å². The standard InChI is InChI=1S/C26H17NO2S2/c1-12(2)11-27-19-17-13-7-3-5-9-15(13)21(28)23(17)30-25(19)26-20(27)18-14-8-4-6-10-16(14)22(29)24(18)31-26/h3-10,12H,11H2,1-2H3. The van der Waals surface area contributed by atoms with Gasteiger partial charge in [-0.05, 0) is 16.7 Å². The van der Waals surface area contributed by atoms with Crippen molar-refractivity contribution in [3.63, 3.8) is 0 Å². The summed E-state index contributed by atoms with van der Waals surface area (Å²) in [7, 11) is 0. The lowest BCUT2D eigenvalue weighted by molar-refractivity contribution is 0.547. The van der Waals surface area contributed by atoms with E-state index in [4.69, 9.17) is 0 Å². The van der Waals surface area contributed by atoms with Crippen LogP contribution >= 0.6 is 22.7 Å². The van der Waals surface area contributed by atoms with Crippen LogP contribution in [0.1, 0.15) is 13.8 Å². The number of hydrogen-bond acceptors (Lipinski definition) is 4. The van der Waals surface area contributed by atoms with Crippen molar-refractivity contribution < 1.29 is 0 Å². The van der Waals surface area contributed by atoms with Crippen LogP contribution in [-0.4, -0.2) is 4.57 Å². The Hall–Kier alpha value is -3.02. The molecule has 4 aromatic carbocycles. The maximum absolute atomic E-state index is 13.1. The molecule has 0 aliphatic carbocycles. The lowest BCUT2D eigenvalue weighted by atomic mass is 10.1. The molecule has 31 heavy (non-hydrogen) atoms. The fourth-order valence-electron chi connectivity index (χ4n) is 5.19. The van der Waals surface area contributed by atoms with Gasteiger partial charge in [0.25, 0.3) is 0 Å². The van der Waals surface area contributed by atoms with Gasteiger partial charge in [-0.15, -0.1) is 22.7 Å². The highest BCUT2D eigenvalue weighted by molar-refractivity contribution is 7.34. The second kappa shape index (κ2) is 5.81. The molecule has 0 fully saturated rings. The molecule has 0 spiro atoms. The quantitative estimate of drug-likeness (QED) is 0.298. The molecule has 0 aliphatic rings. The minimum Gasteiger partial charge on any atom is -0.338 e. The molecule has 0 bridgehead atoms. The predicted molar refractivity (Wildman–Crippen MR) is 135 cm³/mol. The first-order chi connectivity index (χ1) is 15.1. The van der Waals surface area contributed by atoms with E-state index in [1.54, 1.807) is 22.7 Å². The number of hydrogen-bond donors (Lipinski definition) is 0. The summed E-state index contributed by atoms with van der Waals surface area (Å²) in [6, 6.07) is 15.9. The number of rotatable bonds is 2. The van der Waals surface area contributed by atoms with Crippen molar-refractivity contribution >= 4 is 84.8 Å². The maximum Gasteiger partial charge on any atom is 0.204 e. The molecular weight excluding hydrogens is 422 g/mol. The van der Waals surface area contributed by atoms with Crippen molar-refractivity contribution in [1.29, 1.82) is 0 Å². The molecule has 0 atom stereocenters. The SMILES string of the molecule is CC(C)Cn1c2c(sc3c(=O)c4ccccc4c32)c2sc3c(=O)c4ccccc4c3c21. The lowest BCUT2D eigenvalue weighted by Crippen LogP contribution is -2.03. The van der Waals surface area contributed by atoms with Crippen molar-refractivity contribution in [3.05, 3.63) is 69.0 Å². The molecule has 5 heteroatoms. The van der Waals surface area contributed by atoms with Crippen molar-refractivity contribution in [2.75, 3.05) is 0 Å². The summed E-state index contributed by atoms with van der Waals surface area (Å²) >= 11 is 3.19. The zero-order valence-electron chi connectivity index (χ0n) is 17.0. The van der Waals surface area contributed by atoms with Crippen LogP contribution in [0.25, 0.3) is 62.2 Å². The van der Waals surface area contributed by atoms with E-state index in [2.05, 4.69) is 30.5 Å². The molecule has 7 aromatic rings. The van der Waals surface area contributed by atoms with Crippen molar-refractivity contribution in [1.82, 2.24) is 4.57 Å². The fourth-order valence-corrected chi connectivity index (χ4v) is 7.87. The van der Waals surface area contributed by atoms with Crippen LogP contribution < -0.4 is 10.9 Å². The van der Waals surface area contributed by atoms with Gasteiger partial charge in [0, 0.05) is 28.1 Å². The number of fused-ring (bicyclic) bond motifs is 11. The largest absolute Gasteiger partial charge is 0.338 e. The number of benzene rings is 2. The van der Waals surface area contributed by atoms with Gasteiger partial charge in [0.2, 0.25) is 10.9 Å². The highest BCUT2D eigenvalue weighted by Gasteiger charge is 2.27. The predicted octanol–water partition coefficient (Wildman–Crippen LogP) is 6.78. The summed E-state index contributed by atoms with van der Waals surface area (Å²) < 4.78 is 6.36. The number of thiophene rings is 2. The smallest absolute Gasteiger partial charge is 0.204 e. The van der Waals surface area contributed by atoms with Crippen molar-refractivity contribution in [3.8, 4) is 0 Å². The Balaban J connectivity index is 1.80. The topological polar surface area (TPSA) is 39.1 Å². The summed E-state index contributed by atoms with van der Waals surface area (Å²) in [4.78, 5) is 26.3. The van der Waals surface area contributed by atoms with Crippen molar-refractivity contribution in [2.24, 2.45) is 5.92 Å². The minimum atomic E-state index is 0.126. The van der Waals surface area contributed by atoms with Gasteiger partial charge in [0.1, 0.15) is 0 Å². The Morgan fingerprint density at radius 2 is 1.10 bits per heavy atom. The summed E-state index contributed by atoms with van der Waals surface area (Å²) in [6.07, 6.45) is 0. The molecule has 0 radical (unpaired) electrons. The van der Waals surface area contributed by atoms with Crippen molar-refractivity contribution in [2.45, 2.75) is 20.4 Å². The Bertz CT molecular complexity index is 1800. The van der Waals surface area contributed by atoms with E-state index in [-0.39, 0.29) is 10.9 Å². The lowest BCUT2D eigenvalue weighted by Gasteiger charge is -2.10. The fraction of sp³-hybridized carbons (Fsp3) is 0.154. The highest BCUT2D eigenvalue weighted by atomic mass is 32.1. The van der Waals surface area contributed by atoms with Crippen LogP contribution in [0, 0.1) is 5.92 Å². The molecule has 3 aromatic heterocycles. The molecular formula is C26H17NO2S2. The summed E-state index contributed by atoms with van der Waals surface area (Å²) in [5, 5.41) is 5.84. The monoisotopic (exact) mass is 439 g/mol. The van der Waals surface area contributed by atoms with Crippen LogP contribution in [0.15, 0.2) is 58.1 Å². The van der Waals surface area contributed by atoms with Gasteiger partial charge in [0.05, 0.1) is 29.8 Å². The zero-order valence-corrected chi connectivity index (χ0v) is 18.6. The first-order valence-electron chi connectivity index (χ1n) is 10.5. The average Bonchev–Trinajstić information content (AvgIpc) is 3.51. The maximum atomic E-state index is 13.1. The van der Waals surface area contributed by atoms with E-state index in [0.717, 1.165) is 68.7 Å². The zero-order chi connectivity index (χ0) is 21.0. The van der Waals surface area contributed by atoms with Crippen LogP contribution in [0.4, 0.5) is 0 Å². The Morgan fingerprint density at radius 3 is 1.52 bits per heavy atom. The number of nitrogens with zero attached hydrogens (tertiary/aromatic N) is 1. The number of aromatic nitrogens is 1. The first-order valence-corrected chi connectivity index (χ1v) is 12.1. The minimum absolute atomic E-state index is 0.126. The third-order valence-corrected chi connectivity index (χ3v) is 8.87. The average molecular weight is 440 g/mol. The van der Waals surface area contributed by atoms with Crippen LogP contribution in [0.3, 0.4) is 0 Å². The molecule has 0 saturated carbocycles. The van der Waals surface area contributed by atoms with Gasteiger partial charge in [-0.25, -0.2) is 0 Å².